The SMILES string of the molecule is Clc1ccccc1-c1nnc(NC2CC2)o1. The van der Waals surface area contributed by atoms with Crippen LogP contribution >= 0.6 is 11.6 Å². The van der Waals surface area contributed by atoms with Crippen molar-refractivity contribution >= 4 is 17.6 Å². The Labute approximate surface area is 97.6 Å². The molecule has 16 heavy (non-hydrogen) atoms. The van der Waals surface area contributed by atoms with Crippen LogP contribution in [0.3, 0.4) is 0 Å². The lowest BCUT2D eigenvalue weighted by atomic mass is 10.2. The number of hydrogen-bond donors (Lipinski definition) is 1. The average Bonchev–Trinajstić information content (AvgIpc) is 2.97. The van der Waals surface area contributed by atoms with Crippen LogP contribution in [0.15, 0.2) is 28.7 Å². The van der Waals surface area contributed by atoms with Crippen molar-refractivity contribution in [2.75, 3.05) is 5.32 Å². The zero-order valence-corrected chi connectivity index (χ0v) is 9.24. The van der Waals surface area contributed by atoms with Gasteiger partial charge in [-0.25, -0.2) is 0 Å². The van der Waals surface area contributed by atoms with Gasteiger partial charge < -0.3 is 9.73 Å². The molecule has 0 bridgehead atoms. The van der Waals surface area contributed by atoms with Crippen molar-refractivity contribution in [2.24, 2.45) is 0 Å². The van der Waals surface area contributed by atoms with Gasteiger partial charge in [-0.3, -0.25) is 0 Å². The van der Waals surface area contributed by atoms with Gasteiger partial charge in [-0.1, -0.05) is 28.8 Å². The number of aromatic nitrogens is 2. The number of nitrogens with zero attached hydrogens (tertiary/aromatic N) is 2. The smallest absolute Gasteiger partial charge is 0.315 e. The van der Waals surface area contributed by atoms with E-state index in [-0.39, 0.29) is 0 Å². The predicted octanol–water partition coefficient (Wildman–Crippen LogP) is 2.96. The lowest BCUT2D eigenvalue weighted by molar-refractivity contribution is 0.580. The zero-order valence-electron chi connectivity index (χ0n) is 8.48. The van der Waals surface area contributed by atoms with Crippen LogP contribution in [0.2, 0.25) is 5.02 Å². The maximum Gasteiger partial charge on any atom is 0.315 e. The Morgan fingerprint density at radius 2 is 2.06 bits per heavy atom. The van der Waals surface area contributed by atoms with Gasteiger partial charge >= 0.3 is 6.01 Å². The molecule has 0 amide bonds. The van der Waals surface area contributed by atoms with E-state index < -0.39 is 0 Å². The van der Waals surface area contributed by atoms with Gasteiger partial charge in [0, 0.05) is 6.04 Å². The van der Waals surface area contributed by atoms with Crippen molar-refractivity contribution in [3.63, 3.8) is 0 Å². The summed E-state index contributed by atoms with van der Waals surface area (Å²) in [5.74, 6) is 0.453. The molecule has 2 aromatic rings. The highest BCUT2D eigenvalue weighted by Crippen LogP contribution is 2.29. The third-order valence-corrected chi connectivity index (χ3v) is 2.76. The molecular weight excluding hydrogens is 226 g/mol. The quantitative estimate of drug-likeness (QED) is 0.889. The molecular formula is C11H10ClN3O. The fourth-order valence-corrected chi connectivity index (χ4v) is 1.64. The average molecular weight is 236 g/mol. The fraction of sp³-hybridized carbons (Fsp3) is 0.273. The van der Waals surface area contributed by atoms with Gasteiger partial charge in [0.15, 0.2) is 0 Å². The summed E-state index contributed by atoms with van der Waals surface area (Å²) in [6.45, 7) is 0. The lowest BCUT2D eigenvalue weighted by Gasteiger charge is -1.97. The minimum atomic E-state index is 0.453. The molecule has 5 heteroatoms. The highest BCUT2D eigenvalue weighted by molar-refractivity contribution is 6.33. The second-order valence-corrected chi connectivity index (χ2v) is 4.22. The van der Waals surface area contributed by atoms with E-state index in [2.05, 4.69) is 15.5 Å². The summed E-state index contributed by atoms with van der Waals surface area (Å²) in [5.41, 5.74) is 0.764. The zero-order chi connectivity index (χ0) is 11.0. The summed E-state index contributed by atoms with van der Waals surface area (Å²) < 4.78 is 5.48. The number of nitrogens with one attached hydrogen (secondary N) is 1. The van der Waals surface area contributed by atoms with Crippen LogP contribution in [-0.2, 0) is 0 Å². The van der Waals surface area contributed by atoms with Crippen LogP contribution in [0.4, 0.5) is 6.01 Å². The van der Waals surface area contributed by atoms with E-state index in [0.29, 0.717) is 23.0 Å². The number of benzene rings is 1. The highest BCUT2D eigenvalue weighted by Gasteiger charge is 2.23. The third-order valence-electron chi connectivity index (χ3n) is 2.43. The number of anilines is 1. The van der Waals surface area contributed by atoms with E-state index in [0.717, 1.165) is 5.56 Å². The largest absolute Gasteiger partial charge is 0.403 e. The lowest BCUT2D eigenvalue weighted by Crippen LogP contribution is -2.00. The number of hydrogen-bond acceptors (Lipinski definition) is 4. The first-order valence-corrected chi connectivity index (χ1v) is 5.55. The van der Waals surface area contributed by atoms with Gasteiger partial charge in [0.2, 0.25) is 0 Å². The Balaban J connectivity index is 1.88. The van der Waals surface area contributed by atoms with Crippen molar-refractivity contribution in [1.29, 1.82) is 0 Å². The summed E-state index contributed by atoms with van der Waals surface area (Å²) in [6, 6.07) is 8.38. The molecule has 0 spiro atoms. The Kier molecular flexibility index (Phi) is 2.29. The molecule has 0 saturated heterocycles. The highest BCUT2D eigenvalue weighted by atomic mass is 35.5. The molecule has 82 valence electrons. The molecule has 1 aromatic carbocycles. The van der Waals surface area contributed by atoms with Crippen LogP contribution in [0, 0.1) is 0 Å². The Hall–Kier alpha value is -1.55. The van der Waals surface area contributed by atoms with Crippen molar-refractivity contribution < 1.29 is 4.42 Å². The molecule has 1 fully saturated rings. The van der Waals surface area contributed by atoms with Gasteiger partial charge in [-0.05, 0) is 25.0 Å². The van der Waals surface area contributed by atoms with Gasteiger partial charge in [0.1, 0.15) is 0 Å². The Morgan fingerprint density at radius 3 is 2.81 bits per heavy atom. The first-order chi connectivity index (χ1) is 7.83. The summed E-state index contributed by atoms with van der Waals surface area (Å²) in [6.07, 6.45) is 2.34. The van der Waals surface area contributed by atoms with Gasteiger partial charge in [0.05, 0.1) is 10.6 Å². The first kappa shape index (κ1) is 9.66. The third kappa shape index (κ3) is 1.88. The summed E-state index contributed by atoms with van der Waals surface area (Å²) in [5, 5.41) is 11.6. The van der Waals surface area contributed by atoms with Gasteiger partial charge in [0.25, 0.3) is 5.89 Å². The maximum atomic E-state index is 6.04. The van der Waals surface area contributed by atoms with Crippen molar-refractivity contribution in [3.05, 3.63) is 29.3 Å². The summed E-state index contributed by atoms with van der Waals surface area (Å²) in [4.78, 5) is 0. The van der Waals surface area contributed by atoms with Crippen molar-refractivity contribution in [1.82, 2.24) is 10.2 Å². The van der Waals surface area contributed by atoms with Crippen LogP contribution in [0.5, 0.6) is 0 Å². The molecule has 1 saturated carbocycles. The van der Waals surface area contributed by atoms with E-state index in [1.54, 1.807) is 6.07 Å². The molecule has 1 heterocycles. The molecule has 0 aliphatic heterocycles. The molecule has 1 aromatic heterocycles. The molecule has 3 rings (SSSR count). The second-order valence-electron chi connectivity index (χ2n) is 3.81. The minimum absolute atomic E-state index is 0.453. The molecule has 1 aliphatic carbocycles. The Bertz CT molecular complexity index is 507. The van der Waals surface area contributed by atoms with Crippen LogP contribution < -0.4 is 5.32 Å². The van der Waals surface area contributed by atoms with Crippen LogP contribution in [0.25, 0.3) is 11.5 Å². The maximum absolute atomic E-state index is 6.04. The minimum Gasteiger partial charge on any atom is -0.403 e. The topological polar surface area (TPSA) is 51.0 Å². The monoisotopic (exact) mass is 235 g/mol. The molecule has 4 nitrogen and oxygen atoms in total. The van der Waals surface area contributed by atoms with E-state index in [9.17, 15) is 0 Å². The van der Waals surface area contributed by atoms with Crippen molar-refractivity contribution in [2.45, 2.75) is 18.9 Å². The first-order valence-electron chi connectivity index (χ1n) is 5.18. The predicted molar refractivity (Wildman–Crippen MR) is 61.4 cm³/mol. The molecule has 1 N–H and O–H groups in total. The molecule has 1 aliphatic rings. The van der Waals surface area contributed by atoms with Gasteiger partial charge in [-0.15, -0.1) is 5.10 Å². The van der Waals surface area contributed by atoms with E-state index in [1.165, 1.54) is 12.8 Å². The Morgan fingerprint density at radius 1 is 1.25 bits per heavy atom. The number of rotatable bonds is 3. The van der Waals surface area contributed by atoms with Crippen LogP contribution in [0.1, 0.15) is 12.8 Å². The second kappa shape index (κ2) is 3.79. The molecule has 0 atom stereocenters. The van der Waals surface area contributed by atoms with Crippen LogP contribution in [-0.4, -0.2) is 16.2 Å². The summed E-state index contributed by atoms with van der Waals surface area (Å²) in [7, 11) is 0. The van der Waals surface area contributed by atoms with E-state index in [1.807, 2.05) is 18.2 Å². The number of halogens is 1. The normalized spacial score (nSPS) is 15.1. The van der Waals surface area contributed by atoms with E-state index in [4.69, 9.17) is 16.0 Å². The molecule has 0 radical (unpaired) electrons. The standard InChI is InChI=1S/C11H10ClN3O/c12-9-4-2-1-3-8(9)10-14-15-11(16-10)13-7-5-6-7/h1-4,7H,5-6H2,(H,13,15). The van der Waals surface area contributed by atoms with Crippen molar-refractivity contribution in [3.8, 4) is 11.5 Å². The van der Waals surface area contributed by atoms with E-state index >= 15 is 0 Å². The fourth-order valence-electron chi connectivity index (χ4n) is 1.43. The summed E-state index contributed by atoms with van der Waals surface area (Å²) >= 11 is 6.04. The molecule has 0 unspecified atom stereocenters. The van der Waals surface area contributed by atoms with Gasteiger partial charge in [-0.2, -0.15) is 0 Å².